The van der Waals surface area contributed by atoms with Crippen LogP contribution in [-0.4, -0.2) is 36.0 Å². The zero-order valence-electron chi connectivity index (χ0n) is 11.4. The van der Waals surface area contributed by atoms with Crippen molar-refractivity contribution in [3.63, 3.8) is 0 Å². The van der Waals surface area contributed by atoms with Crippen LogP contribution in [0.5, 0.6) is 0 Å². The second-order valence-corrected chi connectivity index (χ2v) is 2.87. The van der Waals surface area contributed by atoms with Crippen molar-refractivity contribution < 1.29 is 50.3 Å². The molecule has 10 nitrogen and oxygen atoms in total. The Hall–Kier alpha value is -1.62. The van der Waals surface area contributed by atoms with Crippen LogP contribution >= 0.6 is 0 Å². The van der Waals surface area contributed by atoms with Crippen LogP contribution < -0.4 is 20.4 Å². The smallest absolute Gasteiger partial charge is 0.0819 e. The fraction of sp³-hybridized carbons (Fsp3) is 0.800. The SMILES string of the molecule is CCCCOO.CCCCOO.O=C([O-])[O-].O=C([O-])[O-]. The summed E-state index contributed by atoms with van der Waals surface area (Å²) in [6.45, 7) is 5.02. The maximum atomic E-state index is 8.33. The van der Waals surface area contributed by atoms with Crippen molar-refractivity contribution in [3.05, 3.63) is 0 Å². The van der Waals surface area contributed by atoms with Crippen LogP contribution in [0.1, 0.15) is 39.5 Å². The summed E-state index contributed by atoms with van der Waals surface area (Å²) in [5, 5.41) is 48.7. The molecule has 0 aliphatic heterocycles. The van der Waals surface area contributed by atoms with E-state index >= 15 is 0 Å². The summed E-state index contributed by atoms with van der Waals surface area (Å²) in [6.07, 6.45) is -0.645. The number of rotatable bonds is 6. The second-order valence-electron chi connectivity index (χ2n) is 2.87. The molecule has 0 fully saturated rings. The lowest BCUT2D eigenvalue weighted by atomic mass is 10.4. The molecule has 0 aromatic heterocycles. The van der Waals surface area contributed by atoms with Gasteiger partial charge in [0.1, 0.15) is 0 Å². The molecule has 124 valence electrons. The highest BCUT2D eigenvalue weighted by Gasteiger charge is 1.77. The third-order valence-corrected chi connectivity index (χ3v) is 1.18. The number of carbonyl (C=O) groups excluding carboxylic acids is 2. The lowest BCUT2D eigenvalue weighted by Gasteiger charge is -1.96. The van der Waals surface area contributed by atoms with Crippen LogP contribution in [0.3, 0.4) is 0 Å². The molecule has 0 spiro atoms. The fourth-order valence-electron chi connectivity index (χ4n) is 0.418. The predicted octanol–water partition coefficient (Wildman–Crippen LogP) is -2.34. The Kier molecular flexibility index (Phi) is 40.8. The van der Waals surface area contributed by atoms with Crippen LogP contribution in [0.4, 0.5) is 9.59 Å². The quantitative estimate of drug-likeness (QED) is 0.305. The molecule has 2 N–H and O–H groups in total. The van der Waals surface area contributed by atoms with Gasteiger partial charge in [0.2, 0.25) is 0 Å². The number of unbranched alkanes of at least 4 members (excludes halogenated alkanes) is 2. The Balaban J connectivity index is -0.0000000871. The van der Waals surface area contributed by atoms with Gasteiger partial charge in [0.05, 0.1) is 13.2 Å². The average molecular weight is 300 g/mol. The van der Waals surface area contributed by atoms with E-state index in [0.717, 1.165) is 25.7 Å². The van der Waals surface area contributed by atoms with E-state index in [1.165, 1.54) is 0 Å². The van der Waals surface area contributed by atoms with Crippen molar-refractivity contribution in [3.8, 4) is 0 Å². The van der Waals surface area contributed by atoms with Gasteiger partial charge < -0.3 is 30.0 Å². The van der Waals surface area contributed by atoms with E-state index < -0.39 is 12.3 Å². The molecule has 0 unspecified atom stereocenters. The highest BCUT2D eigenvalue weighted by molar-refractivity contribution is 5.47. The van der Waals surface area contributed by atoms with Gasteiger partial charge in [-0.15, -0.1) is 0 Å². The minimum Gasteiger partial charge on any atom is -0.652 e. The highest BCUT2D eigenvalue weighted by atomic mass is 17.1. The zero-order chi connectivity index (χ0) is 16.8. The summed E-state index contributed by atoms with van der Waals surface area (Å²) >= 11 is 0. The van der Waals surface area contributed by atoms with Gasteiger partial charge in [-0.2, -0.15) is 0 Å². The second kappa shape index (κ2) is 30.4. The molecular formula is C10H20O10-4. The molecule has 0 atom stereocenters. The summed E-state index contributed by atoms with van der Waals surface area (Å²) in [4.78, 5) is 24.2. The molecule has 0 saturated carbocycles. The third kappa shape index (κ3) is 202. The molecule has 0 aromatic carbocycles. The van der Waals surface area contributed by atoms with Crippen LogP contribution in [0.25, 0.3) is 0 Å². The average Bonchev–Trinajstić information content (AvgIpc) is 2.33. The first kappa shape index (κ1) is 26.8. The van der Waals surface area contributed by atoms with Gasteiger partial charge in [0.25, 0.3) is 0 Å². The van der Waals surface area contributed by atoms with Crippen molar-refractivity contribution in [2.75, 3.05) is 13.2 Å². The number of carboxylic acid groups (broad SMARTS) is 4. The monoisotopic (exact) mass is 300 g/mol. The largest absolute Gasteiger partial charge is 0.652 e. The van der Waals surface area contributed by atoms with Crippen LogP contribution in [-0.2, 0) is 9.78 Å². The van der Waals surface area contributed by atoms with Gasteiger partial charge in [-0.25, -0.2) is 9.78 Å². The lowest BCUT2D eigenvalue weighted by Crippen LogP contribution is -2.37. The van der Waals surface area contributed by atoms with Crippen molar-refractivity contribution >= 4 is 12.3 Å². The lowest BCUT2D eigenvalue weighted by molar-refractivity contribution is -0.417. The van der Waals surface area contributed by atoms with E-state index in [1.54, 1.807) is 0 Å². The van der Waals surface area contributed by atoms with E-state index in [2.05, 4.69) is 9.78 Å². The zero-order valence-corrected chi connectivity index (χ0v) is 11.4. The van der Waals surface area contributed by atoms with Gasteiger partial charge >= 0.3 is 0 Å². The van der Waals surface area contributed by atoms with Crippen LogP contribution in [0.2, 0.25) is 0 Å². The van der Waals surface area contributed by atoms with E-state index in [4.69, 9.17) is 40.5 Å². The molecule has 0 amide bonds. The van der Waals surface area contributed by atoms with E-state index in [1.807, 2.05) is 13.8 Å². The molecule has 0 rings (SSSR count). The maximum Gasteiger partial charge on any atom is 0.0819 e. The normalized spacial score (nSPS) is 7.80. The number of hydrogen-bond acceptors (Lipinski definition) is 10. The van der Waals surface area contributed by atoms with E-state index in [9.17, 15) is 0 Å². The van der Waals surface area contributed by atoms with E-state index in [0.29, 0.717) is 13.2 Å². The molecule has 0 aliphatic carbocycles. The Labute approximate surface area is 116 Å². The molecule has 10 heteroatoms. The predicted molar refractivity (Wildman–Crippen MR) is 57.8 cm³/mol. The van der Waals surface area contributed by atoms with Crippen LogP contribution in [0.15, 0.2) is 0 Å². The molecule has 0 aromatic rings. The molecule has 0 saturated heterocycles. The molecule has 20 heavy (non-hydrogen) atoms. The van der Waals surface area contributed by atoms with Gasteiger partial charge in [0.15, 0.2) is 0 Å². The van der Waals surface area contributed by atoms with Gasteiger partial charge in [-0.1, -0.05) is 26.7 Å². The van der Waals surface area contributed by atoms with Crippen LogP contribution in [0, 0.1) is 0 Å². The van der Waals surface area contributed by atoms with Crippen molar-refractivity contribution in [1.82, 2.24) is 0 Å². The molecule has 0 heterocycles. The summed E-state index contributed by atoms with van der Waals surface area (Å²) in [7, 11) is 0. The van der Waals surface area contributed by atoms with Crippen molar-refractivity contribution in [2.45, 2.75) is 39.5 Å². The summed E-state index contributed by atoms with van der Waals surface area (Å²) in [5.74, 6) is 0. The van der Waals surface area contributed by atoms with Gasteiger partial charge in [-0.3, -0.25) is 10.5 Å². The topological polar surface area (TPSA) is 185 Å². The standard InChI is InChI=1S/2C4H10O2.2CH2O3/c2*1-2-3-4-6-5;2*2-1(3)4/h2*5H,2-4H2,1H3;2*(H2,2,3,4)/p-4. The highest BCUT2D eigenvalue weighted by Crippen LogP contribution is 1.83. The first-order valence-corrected chi connectivity index (χ1v) is 5.58. The van der Waals surface area contributed by atoms with Gasteiger partial charge in [0, 0.05) is 0 Å². The fourth-order valence-corrected chi connectivity index (χ4v) is 0.418. The Morgan fingerprint density at radius 3 is 1.05 bits per heavy atom. The number of hydrogen-bond donors (Lipinski definition) is 2. The molecule has 0 bridgehead atoms. The summed E-state index contributed by atoms with van der Waals surface area (Å²) in [6, 6.07) is 0. The first-order valence-electron chi connectivity index (χ1n) is 5.58. The van der Waals surface area contributed by atoms with Gasteiger partial charge in [-0.05, 0) is 25.2 Å². The van der Waals surface area contributed by atoms with Crippen molar-refractivity contribution in [2.24, 2.45) is 0 Å². The van der Waals surface area contributed by atoms with E-state index in [-0.39, 0.29) is 0 Å². The first-order chi connectivity index (χ1) is 9.29. The summed E-state index contributed by atoms with van der Waals surface area (Å²) in [5.41, 5.74) is 0. The minimum atomic E-state index is -2.33. The number of carbonyl (C=O) groups is 2. The Bertz CT molecular complexity index is 149. The van der Waals surface area contributed by atoms with Crippen molar-refractivity contribution in [1.29, 1.82) is 0 Å². The minimum absolute atomic E-state index is 0.469. The molecule has 0 radical (unpaired) electrons. The summed E-state index contributed by atoms with van der Waals surface area (Å²) < 4.78 is 0. The molecular weight excluding hydrogens is 280 g/mol. The Morgan fingerprint density at radius 1 is 0.800 bits per heavy atom. The molecule has 0 aliphatic rings. The Morgan fingerprint density at radius 2 is 1.00 bits per heavy atom. The maximum absolute atomic E-state index is 8.33. The third-order valence-electron chi connectivity index (χ3n) is 1.18.